The fourth-order valence-electron chi connectivity index (χ4n) is 5.74. The number of fused-ring (bicyclic) bond motifs is 1. The highest BCUT2D eigenvalue weighted by Gasteiger charge is 2.34. The molecule has 3 N–H and O–H groups in total. The van der Waals surface area contributed by atoms with E-state index in [1.807, 2.05) is 24.3 Å². The minimum absolute atomic E-state index is 0.0844. The molecule has 12 nitrogen and oxygen atoms in total. The molecule has 2 aromatic carbocycles. The van der Waals surface area contributed by atoms with Crippen LogP contribution in [0.25, 0.3) is 22.3 Å². The van der Waals surface area contributed by atoms with Crippen LogP contribution in [0.2, 0.25) is 5.02 Å². The molecule has 0 atom stereocenters. The van der Waals surface area contributed by atoms with Crippen LogP contribution in [0.1, 0.15) is 60.7 Å². The van der Waals surface area contributed by atoms with Crippen molar-refractivity contribution in [2.75, 3.05) is 13.1 Å². The summed E-state index contributed by atoms with van der Waals surface area (Å²) < 4.78 is 8.33. The number of aromatic nitrogens is 4. The third-order valence-corrected chi connectivity index (χ3v) is 8.74. The minimum atomic E-state index is -1.11. The number of piperidine rings is 1. The Morgan fingerprint density at radius 1 is 1.09 bits per heavy atom. The molecular formula is C33H39ClN6O6. The largest absolute Gasteiger partial charge is 0.478 e. The van der Waals surface area contributed by atoms with Crippen LogP contribution in [0.15, 0.2) is 47.5 Å². The average molecular weight is 651 g/mol. The molecule has 0 aliphatic carbocycles. The lowest BCUT2D eigenvalue weighted by molar-refractivity contribution is -0.0365. The molecule has 0 bridgehead atoms. The molecule has 4 aromatic rings. The number of hydrogen-bond acceptors (Lipinski definition) is 8. The van der Waals surface area contributed by atoms with Crippen molar-refractivity contribution in [1.82, 2.24) is 29.5 Å². The first-order valence-corrected chi connectivity index (χ1v) is 15.5. The molecule has 1 saturated heterocycles. The minimum Gasteiger partial charge on any atom is -0.478 e. The number of likely N-dealkylation sites (tertiary alicyclic amines) is 1. The molecule has 1 amide bonds. The molecule has 0 saturated carbocycles. The van der Waals surface area contributed by atoms with Crippen molar-refractivity contribution >= 4 is 34.7 Å². The number of rotatable bonds is 8. The van der Waals surface area contributed by atoms with Crippen LogP contribution in [0.5, 0.6) is 0 Å². The number of aromatic carboxylic acids is 1. The fourth-order valence-corrected chi connectivity index (χ4v) is 5.96. The molecular weight excluding hydrogens is 612 g/mol. The Balaban J connectivity index is 1.25. The zero-order valence-corrected chi connectivity index (χ0v) is 27.4. The number of aryl methyl sites for hydroxylation is 1. The second-order valence-corrected chi connectivity index (χ2v) is 13.3. The number of carbonyl (C=O) groups excluding carboxylic acids is 1. The molecule has 0 spiro atoms. The van der Waals surface area contributed by atoms with Crippen LogP contribution in [0.3, 0.4) is 0 Å². The number of nitrogens with one attached hydrogen (secondary N) is 1. The SMILES string of the molecule is Cc1c(C(=O)O)ccc(CN2CCC(O)(Cn3cnc4c(-c5ccc(CNC(=O)OC(C)(C)C)cc5)n(C)nc4c3=O)CC2)c1Cl. The molecule has 13 heteroatoms. The van der Waals surface area contributed by atoms with Crippen LogP contribution in [-0.4, -0.2) is 70.8 Å². The first-order valence-electron chi connectivity index (χ1n) is 15.1. The van der Waals surface area contributed by atoms with Gasteiger partial charge in [-0.25, -0.2) is 14.6 Å². The molecule has 0 unspecified atom stereocenters. The van der Waals surface area contributed by atoms with Crippen molar-refractivity contribution in [3.05, 3.63) is 80.4 Å². The van der Waals surface area contributed by atoms with Crippen LogP contribution in [0, 0.1) is 6.92 Å². The van der Waals surface area contributed by atoms with Gasteiger partial charge in [0.15, 0.2) is 5.52 Å². The highest BCUT2D eigenvalue weighted by atomic mass is 35.5. The summed E-state index contributed by atoms with van der Waals surface area (Å²) in [7, 11) is 1.75. The van der Waals surface area contributed by atoms with E-state index < -0.39 is 23.3 Å². The molecule has 3 heterocycles. The molecule has 2 aromatic heterocycles. The van der Waals surface area contributed by atoms with Gasteiger partial charge in [0.25, 0.3) is 5.56 Å². The summed E-state index contributed by atoms with van der Waals surface area (Å²) in [6.45, 7) is 9.19. The molecule has 1 aliphatic rings. The second-order valence-electron chi connectivity index (χ2n) is 12.9. The van der Waals surface area contributed by atoms with Crippen LogP contribution in [0.4, 0.5) is 4.79 Å². The van der Waals surface area contributed by atoms with Gasteiger partial charge in [-0.05, 0) is 63.3 Å². The average Bonchev–Trinajstić information content (AvgIpc) is 3.33. The zero-order chi connectivity index (χ0) is 33.4. The summed E-state index contributed by atoms with van der Waals surface area (Å²) in [4.78, 5) is 43.7. The number of amides is 1. The molecule has 1 fully saturated rings. The van der Waals surface area contributed by atoms with Crippen molar-refractivity contribution in [2.24, 2.45) is 7.05 Å². The van der Waals surface area contributed by atoms with E-state index in [1.165, 1.54) is 10.9 Å². The Labute approximate surface area is 271 Å². The Morgan fingerprint density at radius 2 is 1.76 bits per heavy atom. The Morgan fingerprint density at radius 3 is 2.39 bits per heavy atom. The van der Waals surface area contributed by atoms with E-state index in [0.717, 1.165) is 16.7 Å². The number of aliphatic hydroxyl groups is 1. The van der Waals surface area contributed by atoms with E-state index in [1.54, 1.807) is 51.6 Å². The fraction of sp³-hybridized carbons (Fsp3) is 0.424. The summed E-state index contributed by atoms with van der Waals surface area (Å²) in [6, 6.07) is 10.9. The van der Waals surface area contributed by atoms with Gasteiger partial charge in [0, 0.05) is 43.8 Å². The highest BCUT2D eigenvalue weighted by Crippen LogP contribution is 2.30. The summed E-state index contributed by atoms with van der Waals surface area (Å²) in [5.41, 5.74) is 2.58. The molecule has 46 heavy (non-hydrogen) atoms. The maximum atomic E-state index is 13.5. The number of nitrogens with zero attached hydrogens (tertiary/aromatic N) is 5. The highest BCUT2D eigenvalue weighted by molar-refractivity contribution is 6.32. The first kappa shape index (κ1) is 33.1. The standard InChI is InChI=1S/C33H39ClN6O6/c1-20-24(30(42)43)11-10-23(25(20)34)17-39-14-12-33(45,13-15-39)18-40-19-36-26-27(29(40)41)37-38(5)28(26)22-8-6-21(7-9-22)16-35-31(44)46-32(2,3)4/h6-11,19,45H,12-18H2,1-5H3,(H,35,44)(H,42,43). The first-order chi connectivity index (χ1) is 21.6. The van der Waals surface area contributed by atoms with E-state index in [4.69, 9.17) is 16.3 Å². The number of carboxylic acids is 1. The molecule has 1 aliphatic heterocycles. The van der Waals surface area contributed by atoms with Crippen molar-refractivity contribution in [3.8, 4) is 11.3 Å². The van der Waals surface area contributed by atoms with Crippen LogP contribution < -0.4 is 10.9 Å². The van der Waals surface area contributed by atoms with Crippen molar-refractivity contribution in [1.29, 1.82) is 0 Å². The Bertz CT molecular complexity index is 1830. The van der Waals surface area contributed by atoms with E-state index in [9.17, 15) is 24.6 Å². The Kier molecular flexibility index (Phi) is 9.26. The smallest absolute Gasteiger partial charge is 0.407 e. The Hall–Kier alpha value is -4.26. The van der Waals surface area contributed by atoms with Gasteiger partial charge < -0.3 is 20.3 Å². The molecule has 244 valence electrons. The van der Waals surface area contributed by atoms with Crippen molar-refractivity contribution in [3.63, 3.8) is 0 Å². The second kappa shape index (κ2) is 12.9. The molecule has 0 radical (unpaired) electrons. The van der Waals surface area contributed by atoms with Crippen molar-refractivity contribution in [2.45, 2.75) is 71.4 Å². The van der Waals surface area contributed by atoms with Gasteiger partial charge >= 0.3 is 12.1 Å². The van der Waals surface area contributed by atoms with E-state index in [-0.39, 0.29) is 23.2 Å². The lowest BCUT2D eigenvalue weighted by Crippen LogP contribution is -2.47. The van der Waals surface area contributed by atoms with Gasteiger partial charge in [-0.1, -0.05) is 41.9 Å². The number of halogens is 1. The predicted molar refractivity (Wildman–Crippen MR) is 174 cm³/mol. The van der Waals surface area contributed by atoms with Gasteiger partial charge in [-0.3, -0.25) is 18.9 Å². The normalized spacial score (nSPS) is 15.2. The lowest BCUT2D eigenvalue weighted by Gasteiger charge is -2.38. The third-order valence-electron chi connectivity index (χ3n) is 8.22. The van der Waals surface area contributed by atoms with Gasteiger partial charge in [0.2, 0.25) is 0 Å². The quantitative estimate of drug-likeness (QED) is 0.250. The number of hydrogen-bond donors (Lipinski definition) is 3. The number of carbonyl (C=O) groups is 2. The number of alkyl carbamates (subject to hydrolysis) is 1. The monoisotopic (exact) mass is 650 g/mol. The summed E-state index contributed by atoms with van der Waals surface area (Å²) >= 11 is 6.48. The van der Waals surface area contributed by atoms with Gasteiger partial charge in [0.1, 0.15) is 11.1 Å². The van der Waals surface area contributed by atoms with Crippen LogP contribution >= 0.6 is 11.6 Å². The maximum Gasteiger partial charge on any atom is 0.407 e. The third kappa shape index (κ3) is 7.24. The predicted octanol–water partition coefficient (Wildman–Crippen LogP) is 4.51. The summed E-state index contributed by atoms with van der Waals surface area (Å²) in [5.74, 6) is -1.01. The van der Waals surface area contributed by atoms with Gasteiger partial charge in [-0.15, -0.1) is 0 Å². The zero-order valence-electron chi connectivity index (χ0n) is 26.6. The summed E-state index contributed by atoms with van der Waals surface area (Å²) in [6.07, 6.45) is 1.84. The van der Waals surface area contributed by atoms with E-state index >= 15 is 0 Å². The lowest BCUT2D eigenvalue weighted by atomic mass is 9.91. The van der Waals surface area contributed by atoms with E-state index in [0.29, 0.717) is 60.8 Å². The topological polar surface area (TPSA) is 152 Å². The summed E-state index contributed by atoms with van der Waals surface area (Å²) in [5, 5.41) is 28.4. The number of benzene rings is 2. The van der Waals surface area contributed by atoms with Gasteiger partial charge in [0.05, 0.1) is 29.7 Å². The van der Waals surface area contributed by atoms with E-state index in [2.05, 4.69) is 20.3 Å². The number of ether oxygens (including phenoxy) is 1. The van der Waals surface area contributed by atoms with Crippen molar-refractivity contribution < 1.29 is 24.5 Å². The maximum absolute atomic E-state index is 13.5. The van der Waals surface area contributed by atoms with Crippen LogP contribution in [-0.2, 0) is 31.4 Å². The molecule has 5 rings (SSSR count). The number of carboxylic acid groups (broad SMARTS) is 1. The van der Waals surface area contributed by atoms with Gasteiger partial charge in [-0.2, -0.15) is 5.10 Å².